The van der Waals surface area contributed by atoms with Gasteiger partial charge in [-0.25, -0.2) is 0 Å². The van der Waals surface area contributed by atoms with Gasteiger partial charge in [0.15, 0.2) is 11.5 Å². The number of halogens is 1. The van der Waals surface area contributed by atoms with Crippen LogP contribution in [0.1, 0.15) is 11.1 Å². The second kappa shape index (κ2) is 8.44. The summed E-state index contributed by atoms with van der Waals surface area (Å²) in [5.41, 5.74) is 2.79. The molecule has 4 nitrogen and oxygen atoms in total. The van der Waals surface area contributed by atoms with Crippen molar-refractivity contribution >= 4 is 39.3 Å². The molecule has 0 fully saturated rings. The number of ether oxygens (including phenoxy) is 2. The number of aryl methyl sites for hydroxylation is 2. The molecule has 1 N–H and O–H groups in total. The van der Waals surface area contributed by atoms with Crippen molar-refractivity contribution in [3.63, 3.8) is 0 Å². The largest absolute Gasteiger partial charge is 0.493 e. The molecule has 2 aromatic carbocycles. The molecule has 0 bridgehead atoms. The van der Waals surface area contributed by atoms with Gasteiger partial charge in [-0.3, -0.25) is 4.79 Å². The lowest BCUT2D eigenvalue weighted by Gasteiger charge is -2.14. The first-order chi connectivity index (χ1) is 11.4. The van der Waals surface area contributed by atoms with Crippen LogP contribution < -0.4 is 14.8 Å². The number of amides is 1. The number of hydrogen-bond acceptors (Lipinski definition) is 4. The van der Waals surface area contributed by atoms with Crippen molar-refractivity contribution < 1.29 is 14.3 Å². The third-order valence-electron chi connectivity index (χ3n) is 3.50. The van der Waals surface area contributed by atoms with Crippen LogP contribution in [0, 0.1) is 13.8 Å². The predicted molar refractivity (Wildman–Crippen MR) is 103 cm³/mol. The minimum absolute atomic E-state index is 0.0577. The fourth-order valence-corrected chi connectivity index (χ4v) is 3.50. The van der Waals surface area contributed by atoms with Gasteiger partial charge in [-0.15, -0.1) is 11.8 Å². The lowest BCUT2D eigenvalue weighted by Crippen LogP contribution is -2.15. The quantitative estimate of drug-likeness (QED) is 0.695. The highest BCUT2D eigenvalue weighted by Gasteiger charge is 2.12. The summed E-state index contributed by atoms with van der Waals surface area (Å²) in [5.74, 6) is 1.52. The molecule has 0 saturated carbocycles. The molecule has 1 amide bonds. The molecule has 0 aliphatic heterocycles. The van der Waals surface area contributed by atoms with Crippen molar-refractivity contribution in [1.29, 1.82) is 0 Å². The summed E-state index contributed by atoms with van der Waals surface area (Å²) in [7, 11) is 3.16. The number of rotatable bonds is 6. The first-order valence-electron chi connectivity index (χ1n) is 7.36. The molecule has 0 spiro atoms. The molecule has 0 unspecified atom stereocenters. The highest BCUT2D eigenvalue weighted by Crippen LogP contribution is 2.33. The van der Waals surface area contributed by atoms with Crippen LogP contribution in [0.5, 0.6) is 11.5 Å². The molecule has 0 aromatic heterocycles. The van der Waals surface area contributed by atoms with Crippen molar-refractivity contribution in [2.45, 2.75) is 18.7 Å². The Kier molecular flexibility index (Phi) is 6.57. The number of methoxy groups -OCH3 is 2. The zero-order valence-corrected chi connectivity index (χ0v) is 16.5. The second-order valence-electron chi connectivity index (χ2n) is 5.27. The maximum Gasteiger partial charge on any atom is 0.234 e. The summed E-state index contributed by atoms with van der Waals surface area (Å²) in [6, 6.07) is 9.66. The average Bonchev–Trinajstić information content (AvgIpc) is 2.55. The maximum atomic E-state index is 12.3. The fourth-order valence-electron chi connectivity index (χ4n) is 2.22. The van der Waals surface area contributed by atoms with Gasteiger partial charge < -0.3 is 14.8 Å². The molecule has 2 rings (SSSR count). The Morgan fingerprint density at radius 1 is 1.08 bits per heavy atom. The average molecular weight is 410 g/mol. The molecule has 24 heavy (non-hydrogen) atoms. The first-order valence-corrected chi connectivity index (χ1v) is 9.14. The van der Waals surface area contributed by atoms with Gasteiger partial charge >= 0.3 is 0 Å². The molecule has 6 heteroatoms. The third kappa shape index (κ3) is 4.68. The van der Waals surface area contributed by atoms with Crippen molar-refractivity contribution in [3.8, 4) is 11.5 Å². The summed E-state index contributed by atoms with van der Waals surface area (Å²) in [4.78, 5) is 13.4. The van der Waals surface area contributed by atoms with Gasteiger partial charge in [0.1, 0.15) is 0 Å². The first kappa shape index (κ1) is 18.7. The molecule has 128 valence electrons. The Morgan fingerprint density at radius 2 is 1.75 bits per heavy atom. The van der Waals surface area contributed by atoms with Crippen LogP contribution in [0.2, 0.25) is 0 Å². The van der Waals surface area contributed by atoms with Gasteiger partial charge in [0, 0.05) is 21.1 Å². The van der Waals surface area contributed by atoms with Crippen LogP contribution in [0.15, 0.2) is 39.7 Å². The maximum absolute atomic E-state index is 12.3. The Balaban J connectivity index is 2.04. The smallest absolute Gasteiger partial charge is 0.234 e. The van der Waals surface area contributed by atoms with E-state index in [1.807, 2.05) is 38.1 Å². The Morgan fingerprint density at radius 3 is 2.38 bits per heavy atom. The molecule has 2 aromatic rings. The van der Waals surface area contributed by atoms with E-state index in [1.165, 1.54) is 11.8 Å². The molecule has 0 aliphatic rings. The molecule has 0 atom stereocenters. The van der Waals surface area contributed by atoms with E-state index in [4.69, 9.17) is 9.47 Å². The van der Waals surface area contributed by atoms with Crippen LogP contribution in [0.25, 0.3) is 0 Å². The van der Waals surface area contributed by atoms with Crippen LogP contribution in [-0.4, -0.2) is 25.9 Å². The summed E-state index contributed by atoms with van der Waals surface area (Å²) < 4.78 is 11.6. The summed E-state index contributed by atoms with van der Waals surface area (Å²) in [6.07, 6.45) is 0. The Labute approximate surface area is 155 Å². The normalized spacial score (nSPS) is 10.4. The number of thioether (sulfide) groups is 1. The zero-order valence-electron chi connectivity index (χ0n) is 14.1. The van der Waals surface area contributed by atoms with Crippen molar-refractivity contribution in [1.82, 2.24) is 0 Å². The van der Waals surface area contributed by atoms with Crippen LogP contribution in [0.3, 0.4) is 0 Å². The van der Waals surface area contributed by atoms with Crippen LogP contribution in [-0.2, 0) is 4.79 Å². The standard InChI is InChI=1S/C18H20BrNO3S/c1-11-8-15(22-3)16(23-4)9-14(11)20-18(21)10-24-17-6-5-13(19)7-12(17)2/h5-9H,10H2,1-4H3,(H,20,21). The SMILES string of the molecule is COc1cc(C)c(NC(=O)CSc2ccc(Br)cc2C)cc1OC. The predicted octanol–water partition coefficient (Wildman–Crippen LogP) is 4.81. The molecule has 0 aliphatic carbocycles. The number of carbonyl (C=O) groups is 1. The Hall–Kier alpha value is -1.66. The number of hydrogen-bond donors (Lipinski definition) is 1. The third-order valence-corrected chi connectivity index (χ3v) is 5.17. The van der Waals surface area contributed by atoms with Gasteiger partial charge in [-0.05, 0) is 49.2 Å². The highest BCUT2D eigenvalue weighted by atomic mass is 79.9. The molecular weight excluding hydrogens is 390 g/mol. The summed E-state index contributed by atoms with van der Waals surface area (Å²) in [6.45, 7) is 3.95. The molecule has 0 radical (unpaired) electrons. The number of anilines is 1. The monoisotopic (exact) mass is 409 g/mol. The summed E-state index contributed by atoms with van der Waals surface area (Å²) in [5, 5.41) is 2.93. The van der Waals surface area contributed by atoms with Crippen molar-refractivity contribution in [2.75, 3.05) is 25.3 Å². The van der Waals surface area contributed by atoms with Crippen molar-refractivity contribution in [2.24, 2.45) is 0 Å². The van der Waals surface area contributed by atoms with Gasteiger partial charge in [0.2, 0.25) is 5.91 Å². The second-order valence-corrected chi connectivity index (χ2v) is 7.20. The molecule has 0 heterocycles. The fraction of sp³-hybridized carbons (Fsp3) is 0.278. The number of carbonyl (C=O) groups excluding carboxylic acids is 1. The van der Waals surface area contributed by atoms with Gasteiger partial charge in [-0.2, -0.15) is 0 Å². The molecule has 0 saturated heterocycles. The van der Waals surface area contributed by atoms with Gasteiger partial charge in [-0.1, -0.05) is 15.9 Å². The number of nitrogens with one attached hydrogen (secondary N) is 1. The minimum Gasteiger partial charge on any atom is -0.493 e. The van der Waals surface area contributed by atoms with Gasteiger partial charge in [0.25, 0.3) is 0 Å². The number of benzene rings is 2. The molecular formula is C18H20BrNO3S. The lowest BCUT2D eigenvalue weighted by atomic mass is 10.1. The summed E-state index contributed by atoms with van der Waals surface area (Å²) >= 11 is 4.96. The van der Waals surface area contributed by atoms with Crippen LogP contribution in [0.4, 0.5) is 5.69 Å². The Bertz CT molecular complexity index is 749. The lowest BCUT2D eigenvalue weighted by molar-refractivity contribution is -0.113. The van der Waals surface area contributed by atoms with Crippen LogP contribution >= 0.6 is 27.7 Å². The van der Waals surface area contributed by atoms with E-state index in [2.05, 4.69) is 21.2 Å². The highest BCUT2D eigenvalue weighted by molar-refractivity contribution is 9.10. The van der Waals surface area contributed by atoms with E-state index in [0.717, 1.165) is 26.2 Å². The van der Waals surface area contributed by atoms with E-state index in [-0.39, 0.29) is 5.91 Å². The van der Waals surface area contributed by atoms with Gasteiger partial charge in [0.05, 0.1) is 20.0 Å². The zero-order chi connectivity index (χ0) is 17.7. The van der Waals surface area contributed by atoms with E-state index in [0.29, 0.717) is 17.3 Å². The van der Waals surface area contributed by atoms with E-state index in [1.54, 1.807) is 20.3 Å². The van der Waals surface area contributed by atoms with E-state index < -0.39 is 0 Å². The topological polar surface area (TPSA) is 47.6 Å². The van der Waals surface area contributed by atoms with E-state index >= 15 is 0 Å². The minimum atomic E-state index is -0.0577. The van der Waals surface area contributed by atoms with Crippen molar-refractivity contribution in [3.05, 3.63) is 45.9 Å². The van der Waals surface area contributed by atoms with E-state index in [9.17, 15) is 4.79 Å².